The van der Waals surface area contributed by atoms with E-state index in [1.165, 1.54) is 0 Å². The fourth-order valence-corrected chi connectivity index (χ4v) is 6.23. The Morgan fingerprint density at radius 1 is 1.19 bits per heavy atom. The number of β-amino-alcohol motifs (C(OH)–C–C–N with tert-alkyl or cyclic N) is 1. The van der Waals surface area contributed by atoms with Gasteiger partial charge in [0, 0.05) is 38.1 Å². The number of carbonyl (C=O) groups is 3. The summed E-state index contributed by atoms with van der Waals surface area (Å²) < 4.78 is 5.73. The zero-order valence-corrected chi connectivity index (χ0v) is 24.5. The average Bonchev–Trinajstić information content (AvgIpc) is 3.61. The van der Waals surface area contributed by atoms with Crippen molar-refractivity contribution < 1.29 is 29.0 Å². The van der Waals surface area contributed by atoms with Gasteiger partial charge in [0.05, 0.1) is 21.7 Å². The van der Waals surface area contributed by atoms with Gasteiger partial charge in [-0.25, -0.2) is 4.79 Å². The molecule has 2 aliphatic heterocycles. The van der Waals surface area contributed by atoms with Crippen LogP contribution in [0.5, 0.6) is 0 Å². The molecule has 3 aromatic rings. The molecule has 2 aromatic carbocycles. The predicted molar refractivity (Wildman–Crippen MR) is 157 cm³/mol. The van der Waals surface area contributed by atoms with Crippen molar-refractivity contribution in [3.8, 4) is 6.19 Å². The van der Waals surface area contributed by atoms with Gasteiger partial charge in [-0.3, -0.25) is 25.1 Å². The van der Waals surface area contributed by atoms with Crippen LogP contribution in [0.25, 0.3) is 11.0 Å². The molecule has 3 heterocycles. The van der Waals surface area contributed by atoms with Crippen molar-refractivity contribution in [3.63, 3.8) is 0 Å². The number of carboxylic acid groups (broad SMARTS) is 1. The minimum Gasteiger partial charge on any atom is -0.480 e. The number of nitrogens with one attached hydrogen (secondary N) is 3. The third-order valence-electron chi connectivity index (χ3n) is 7.69. The lowest BCUT2D eigenvalue weighted by molar-refractivity contribution is -0.139. The molecule has 3 atom stereocenters. The number of furan rings is 1. The second-order valence-corrected chi connectivity index (χ2v) is 11.3. The van der Waals surface area contributed by atoms with Gasteiger partial charge in [0.1, 0.15) is 17.9 Å². The molecule has 1 unspecified atom stereocenters. The summed E-state index contributed by atoms with van der Waals surface area (Å²) in [6, 6.07) is 9.36. The molecule has 0 bridgehead atoms. The van der Waals surface area contributed by atoms with Gasteiger partial charge in [0.15, 0.2) is 12.0 Å². The predicted octanol–water partition coefficient (Wildman–Crippen LogP) is 2.52. The maximum atomic E-state index is 13.2. The first-order chi connectivity index (χ1) is 20.7. The Kier molecular flexibility index (Phi) is 9.39. The number of benzene rings is 2. The van der Waals surface area contributed by atoms with Crippen LogP contribution in [0.3, 0.4) is 0 Å². The number of hydrogen-bond donors (Lipinski definition) is 5. The maximum Gasteiger partial charge on any atom is 0.326 e. The van der Waals surface area contributed by atoms with Crippen molar-refractivity contribution in [3.05, 3.63) is 68.9 Å². The third kappa shape index (κ3) is 6.71. The molecule has 5 N–H and O–H groups in total. The van der Waals surface area contributed by atoms with Crippen molar-refractivity contribution in [1.82, 2.24) is 25.8 Å². The first-order valence-electron chi connectivity index (χ1n) is 13.8. The van der Waals surface area contributed by atoms with Crippen molar-refractivity contribution in [1.29, 1.82) is 5.26 Å². The summed E-state index contributed by atoms with van der Waals surface area (Å²) >= 11 is 13.2. The van der Waals surface area contributed by atoms with Crippen LogP contribution < -0.4 is 16.0 Å². The number of para-hydroxylation sites is 1. The Morgan fingerprint density at radius 3 is 2.67 bits per heavy atom. The number of aliphatic hydroxyl groups is 1. The smallest absolute Gasteiger partial charge is 0.326 e. The maximum absolute atomic E-state index is 13.2. The van der Waals surface area contributed by atoms with E-state index in [1.54, 1.807) is 23.1 Å². The molecule has 0 radical (unpaired) electrons. The molecule has 0 spiro atoms. The molecule has 1 aromatic heterocycles. The highest BCUT2D eigenvalue weighted by atomic mass is 35.5. The molecule has 14 heteroatoms. The van der Waals surface area contributed by atoms with Gasteiger partial charge < -0.3 is 24.8 Å². The number of hydrogen-bond acceptors (Lipinski definition) is 9. The Bertz CT molecular complexity index is 1560. The number of carbonyl (C=O) groups excluding carboxylic acids is 2. The Morgan fingerprint density at radius 2 is 1.98 bits per heavy atom. The first kappa shape index (κ1) is 30.6. The van der Waals surface area contributed by atoms with Crippen LogP contribution in [0, 0.1) is 11.5 Å². The van der Waals surface area contributed by atoms with Crippen LogP contribution in [-0.2, 0) is 17.8 Å². The van der Waals surface area contributed by atoms with E-state index < -0.39 is 30.3 Å². The molecule has 12 nitrogen and oxygen atoms in total. The fraction of sp³-hybridized carbons (Fsp3) is 0.379. The van der Waals surface area contributed by atoms with Gasteiger partial charge in [0.2, 0.25) is 0 Å². The molecular weight excluding hydrogens is 599 g/mol. The van der Waals surface area contributed by atoms with Crippen molar-refractivity contribution in [2.75, 3.05) is 26.2 Å². The Balaban J connectivity index is 1.24. The highest BCUT2D eigenvalue weighted by Crippen LogP contribution is 2.35. The lowest BCUT2D eigenvalue weighted by atomic mass is 9.96. The van der Waals surface area contributed by atoms with Gasteiger partial charge in [-0.15, -0.1) is 0 Å². The third-order valence-corrected chi connectivity index (χ3v) is 8.41. The number of aliphatic hydroxyl groups excluding tert-OH is 1. The molecule has 226 valence electrons. The first-order valence-corrected chi connectivity index (χ1v) is 14.5. The zero-order chi connectivity index (χ0) is 30.7. The lowest BCUT2D eigenvalue weighted by Gasteiger charge is -2.30. The molecule has 0 saturated carbocycles. The summed E-state index contributed by atoms with van der Waals surface area (Å²) in [4.78, 5) is 41.8. The van der Waals surface area contributed by atoms with Gasteiger partial charge in [-0.05, 0) is 48.6 Å². The average molecular weight is 630 g/mol. The normalized spacial score (nSPS) is 18.1. The van der Waals surface area contributed by atoms with Gasteiger partial charge in [-0.1, -0.05) is 41.4 Å². The van der Waals surface area contributed by atoms with Crippen LogP contribution in [-0.4, -0.2) is 82.4 Å². The van der Waals surface area contributed by atoms with E-state index in [4.69, 9.17) is 32.9 Å². The molecule has 0 aliphatic carbocycles. The largest absolute Gasteiger partial charge is 0.480 e. The van der Waals surface area contributed by atoms with Crippen molar-refractivity contribution in [2.45, 2.75) is 44.2 Å². The Labute approximate surface area is 257 Å². The summed E-state index contributed by atoms with van der Waals surface area (Å²) in [5.74, 6) is -2.04. The lowest BCUT2D eigenvalue weighted by Crippen LogP contribution is -2.54. The van der Waals surface area contributed by atoms with Gasteiger partial charge in [-0.2, -0.15) is 5.26 Å². The van der Waals surface area contributed by atoms with E-state index in [9.17, 15) is 24.6 Å². The number of carboxylic acids is 1. The number of nitrogens with zero attached hydrogens (tertiary/aromatic N) is 3. The quantitative estimate of drug-likeness (QED) is 0.128. The van der Waals surface area contributed by atoms with Gasteiger partial charge >= 0.3 is 5.97 Å². The zero-order valence-electron chi connectivity index (χ0n) is 23.0. The van der Waals surface area contributed by atoms with E-state index in [0.29, 0.717) is 49.2 Å². The number of nitriles is 1. The van der Waals surface area contributed by atoms with Crippen molar-refractivity contribution >= 4 is 52.0 Å². The monoisotopic (exact) mass is 628 g/mol. The van der Waals surface area contributed by atoms with E-state index in [2.05, 4.69) is 16.0 Å². The number of halogens is 2. The van der Waals surface area contributed by atoms with E-state index >= 15 is 0 Å². The number of rotatable bonds is 10. The van der Waals surface area contributed by atoms with Crippen LogP contribution in [0.2, 0.25) is 10.0 Å². The summed E-state index contributed by atoms with van der Waals surface area (Å²) in [5, 5.41) is 37.8. The summed E-state index contributed by atoms with van der Waals surface area (Å²) in [6.45, 7) is 1.62. The number of aliphatic carboxylic acids is 1. The van der Waals surface area contributed by atoms with E-state index in [-0.39, 0.29) is 46.8 Å². The molecule has 1 saturated heterocycles. The standard InChI is InChI=1S/C29H30Cl2N6O6/c30-20-11-17-13-36(27(40)23-12-16-3-1-2-4-22(16)43-23)10-7-19(17)25(31)24(20)26(39)35-21(28(41)42)5-8-33-29(34-15-32)37-9-6-18(38)14-37/h1-4,11-12,18,21,29,33-34,38H,5-10,13-14H2,(H,35,39)(H,41,42)/t18-,21-,29?/m0/s1. The van der Waals surface area contributed by atoms with Crippen LogP contribution in [0.4, 0.5) is 0 Å². The Hall–Kier alpha value is -3.86. The van der Waals surface area contributed by atoms with E-state index in [1.807, 2.05) is 29.3 Å². The highest BCUT2D eigenvalue weighted by Gasteiger charge is 2.31. The molecule has 43 heavy (non-hydrogen) atoms. The molecule has 1 fully saturated rings. The fourth-order valence-electron chi connectivity index (χ4n) is 5.46. The van der Waals surface area contributed by atoms with Gasteiger partial charge in [0.25, 0.3) is 11.8 Å². The second kappa shape index (κ2) is 13.2. The number of amides is 2. The second-order valence-electron chi connectivity index (χ2n) is 10.5. The minimum atomic E-state index is -1.27. The molecule has 2 aliphatic rings. The van der Waals surface area contributed by atoms with Crippen molar-refractivity contribution in [2.24, 2.45) is 0 Å². The number of likely N-dealkylation sites (tertiary alicyclic amines) is 1. The summed E-state index contributed by atoms with van der Waals surface area (Å²) in [6.07, 6.45) is 1.70. The summed E-state index contributed by atoms with van der Waals surface area (Å²) in [7, 11) is 0. The van der Waals surface area contributed by atoms with Crippen LogP contribution in [0.15, 0.2) is 40.8 Å². The topological polar surface area (TPSA) is 171 Å². The minimum absolute atomic E-state index is 0.000115. The SMILES string of the molecule is N#CNC(NCC[C@H](NC(=O)c1c(Cl)cc2c(c1Cl)CCN(C(=O)c1cc3ccccc3o1)C2)C(=O)O)N1CC[C@H](O)C1. The van der Waals surface area contributed by atoms with Crippen LogP contribution >= 0.6 is 23.2 Å². The van der Waals surface area contributed by atoms with E-state index in [0.717, 1.165) is 5.39 Å². The molecule has 2 amide bonds. The molecular formula is C29H30Cl2N6O6. The summed E-state index contributed by atoms with van der Waals surface area (Å²) in [5.41, 5.74) is 1.93. The van der Waals surface area contributed by atoms with Crippen LogP contribution in [0.1, 0.15) is 44.9 Å². The highest BCUT2D eigenvalue weighted by molar-refractivity contribution is 6.40. The molecule has 5 rings (SSSR count). The number of fused-ring (bicyclic) bond motifs is 2.